The first-order valence-electron chi connectivity index (χ1n) is 8.85. The number of carbonyl (C=O) groups is 2. The highest BCUT2D eigenvalue weighted by Gasteiger charge is 2.34. The van der Waals surface area contributed by atoms with Crippen LogP contribution < -0.4 is 10.6 Å². The molecule has 2 amide bonds. The quantitative estimate of drug-likeness (QED) is 0.838. The molecular weight excluding hydrogens is 312 g/mol. The lowest BCUT2D eigenvalue weighted by Gasteiger charge is -2.32. The summed E-state index contributed by atoms with van der Waals surface area (Å²) in [6.45, 7) is 2.04. The molecular formula is C21H24N2O2. The second kappa shape index (κ2) is 7.51. The monoisotopic (exact) mass is 336 g/mol. The van der Waals surface area contributed by atoms with Crippen molar-refractivity contribution < 1.29 is 9.59 Å². The highest BCUT2D eigenvalue weighted by molar-refractivity contribution is 6.04. The third kappa shape index (κ3) is 4.27. The van der Waals surface area contributed by atoms with Gasteiger partial charge in [-0.15, -0.1) is 0 Å². The van der Waals surface area contributed by atoms with E-state index in [4.69, 9.17) is 0 Å². The maximum absolute atomic E-state index is 12.6. The first kappa shape index (κ1) is 17.2. The van der Waals surface area contributed by atoms with Crippen LogP contribution in [0.4, 0.5) is 11.4 Å². The molecule has 3 rings (SSSR count). The molecule has 130 valence electrons. The van der Waals surface area contributed by atoms with Crippen molar-refractivity contribution in [2.45, 2.75) is 39.0 Å². The van der Waals surface area contributed by atoms with Crippen molar-refractivity contribution >= 4 is 23.2 Å². The van der Waals surface area contributed by atoms with E-state index in [-0.39, 0.29) is 17.2 Å². The Labute approximate surface area is 148 Å². The third-order valence-electron chi connectivity index (χ3n) is 4.92. The number of hydrogen-bond acceptors (Lipinski definition) is 2. The van der Waals surface area contributed by atoms with E-state index in [0.29, 0.717) is 16.9 Å². The van der Waals surface area contributed by atoms with Gasteiger partial charge < -0.3 is 10.6 Å². The van der Waals surface area contributed by atoms with Gasteiger partial charge in [-0.2, -0.15) is 0 Å². The van der Waals surface area contributed by atoms with E-state index in [0.717, 1.165) is 25.7 Å². The zero-order valence-corrected chi connectivity index (χ0v) is 14.5. The fraction of sp³-hybridized carbons (Fsp3) is 0.333. The van der Waals surface area contributed by atoms with Gasteiger partial charge in [-0.05, 0) is 43.2 Å². The lowest BCUT2D eigenvalue weighted by Crippen LogP contribution is -2.35. The summed E-state index contributed by atoms with van der Waals surface area (Å²) >= 11 is 0. The van der Waals surface area contributed by atoms with E-state index in [1.165, 1.54) is 6.42 Å². The summed E-state index contributed by atoms with van der Waals surface area (Å²) < 4.78 is 0. The fourth-order valence-corrected chi connectivity index (χ4v) is 3.31. The summed E-state index contributed by atoms with van der Waals surface area (Å²) in [4.78, 5) is 24.9. The molecule has 0 aromatic heterocycles. The predicted octanol–water partition coefficient (Wildman–Crippen LogP) is 4.85. The van der Waals surface area contributed by atoms with Crippen LogP contribution in [0.5, 0.6) is 0 Å². The lowest BCUT2D eigenvalue weighted by molar-refractivity contribution is -0.126. The number of nitrogens with one attached hydrogen (secondary N) is 2. The van der Waals surface area contributed by atoms with Gasteiger partial charge in [-0.25, -0.2) is 0 Å². The molecule has 0 heterocycles. The maximum atomic E-state index is 12.6. The van der Waals surface area contributed by atoms with Crippen molar-refractivity contribution in [1.82, 2.24) is 0 Å². The van der Waals surface area contributed by atoms with Crippen LogP contribution in [0.1, 0.15) is 49.4 Å². The van der Waals surface area contributed by atoms with Crippen LogP contribution in [0.3, 0.4) is 0 Å². The van der Waals surface area contributed by atoms with Gasteiger partial charge >= 0.3 is 0 Å². The van der Waals surface area contributed by atoms with Gasteiger partial charge in [0.1, 0.15) is 0 Å². The topological polar surface area (TPSA) is 58.2 Å². The fourth-order valence-electron chi connectivity index (χ4n) is 3.31. The average molecular weight is 336 g/mol. The van der Waals surface area contributed by atoms with E-state index in [1.807, 2.05) is 43.3 Å². The number of anilines is 2. The Kier molecular flexibility index (Phi) is 5.17. The van der Waals surface area contributed by atoms with Crippen LogP contribution in [0.2, 0.25) is 0 Å². The standard InChI is InChI=1S/C21H24N2O2/c1-21(13-6-3-7-14-21)20(25)23-18-12-8-11-17(15-18)22-19(24)16-9-4-2-5-10-16/h2,4-5,8-12,15H,3,6-7,13-14H2,1H3,(H,22,24)(H,23,25). The van der Waals surface area contributed by atoms with Gasteiger partial charge in [0.2, 0.25) is 5.91 Å². The minimum Gasteiger partial charge on any atom is -0.326 e. The van der Waals surface area contributed by atoms with E-state index in [9.17, 15) is 9.59 Å². The number of rotatable bonds is 4. The van der Waals surface area contributed by atoms with Crippen molar-refractivity contribution in [3.8, 4) is 0 Å². The molecule has 2 N–H and O–H groups in total. The summed E-state index contributed by atoms with van der Waals surface area (Å²) in [6.07, 6.45) is 5.30. The number of benzene rings is 2. The third-order valence-corrected chi connectivity index (χ3v) is 4.92. The Morgan fingerprint density at radius 2 is 1.48 bits per heavy atom. The van der Waals surface area contributed by atoms with E-state index < -0.39 is 0 Å². The highest BCUT2D eigenvalue weighted by Crippen LogP contribution is 2.36. The van der Waals surface area contributed by atoms with Crippen LogP contribution in [0, 0.1) is 5.41 Å². The van der Waals surface area contributed by atoms with Crippen LogP contribution >= 0.6 is 0 Å². The number of amides is 2. The van der Waals surface area contributed by atoms with Crippen molar-refractivity contribution in [3.63, 3.8) is 0 Å². The van der Waals surface area contributed by atoms with Gasteiger partial charge in [0, 0.05) is 22.4 Å². The van der Waals surface area contributed by atoms with Gasteiger partial charge in [-0.1, -0.05) is 50.5 Å². The molecule has 25 heavy (non-hydrogen) atoms. The first-order valence-corrected chi connectivity index (χ1v) is 8.85. The molecule has 2 aromatic rings. The lowest BCUT2D eigenvalue weighted by atomic mass is 9.75. The highest BCUT2D eigenvalue weighted by atomic mass is 16.2. The zero-order valence-electron chi connectivity index (χ0n) is 14.5. The summed E-state index contributed by atoms with van der Waals surface area (Å²) in [6, 6.07) is 16.4. The van der Waals surface area contributed by atoms with Gasteiger partial charge in [-0.3, -0.25) is 9.59 Å². The molecule has 0 saturated heterocycles. The average Bonchev–Trinajstić information content (AvgIpc) is 2.63. The van der Waals surface area contributed by atoms with E-state index >= 15 is 0 Å². The van der Waals surface area contributed by atoms with Gasteiger partial charge in [0.15, 0.2) is 0 Å². The van der Waals surface area contributed by atoms with Crippen LogP contribution in [0.25, 0.3) is 0 Å². The van der Waals surface area contributed by atoms with Gasteiger partial charge in [0.05, 0.1) is 0 Å². The van der Waals surface area contributed by atoms with Gasteiger partial charge in [0.25, 0.3) is 5.91 Å². The van der Waals surface area contributed by atoms with Crippen molar-refractivity contribution in [2.75, 3.05) is 10.6 Å². The molecule has 0 unspecified atom stereocenters. The summed E-state index contributed by atoms with van der Waals surface area (Å²) in [7, 11) is 0. The first-order chi connectivity index (χ1) is 12.1. The van der Waals surface area contributed by atoms with Crippen LogP contribution in [-0.2, 0) is 4.79 Å². The second-order valence-corrected chi connectivity index (χ2v) is 6.98. The minimum atomic E-state index is -0.290. The van der Waals surface area contributed by atoms with Crippen molar-refractivity contribution in [2.24, 2.45) is 5.41 Å². The molecule has 4 heteroatoms. The Morgan fingerprint density at radius 3 is 2.16 bits per heavy atom. The molecule has 1 aliphatic rings. The SMILES string of the molecule is CC1(C(=O)Nc2cccc(NC(=O)c3ccccc3)c2)CCCCC1. The minimum absolute atomic E-state index is 0.0683. The Balaban J connectivity index is 1.67. The molecule has 0 atom stereocenters. The summed E-state index contributed by atoms with van der Waals surface area (Å²) in [5.41, 5.74) is 1.69. The Bertz CT molecular complexity index is 750. The maximum Gasteiger partial charge on any atom is 0.255 e. The molecule has 0 bridgehead atoms. The molecule has 1 fully saturated rings. The molecule has 4 nitrogen and oxygen atoms in total. The van der Waals surface area contributed by atoms with E-state index in [1.54, 1.807) is 18.2 Å². The smallest absolute Gasteiger partial charge is 0.255 e. The Hall–Kier alpha value is -2.62. The Morgan fingerprint density at radius 1 is 0.840 bits per heavy atom. The molecule has 2 aromatic carbocycles. The second-order valence-electron chi connectivity index (χ2n) is 6.98. The van der Waals surface area contributed by atoms with Crippen molar-refractivity contribution in [1.29, 1.82) is 0 Å². The number of carbonyl (C=O) groups excluding carboxylic acids is 2. The normalized spacial score (nSPS) is 16.0. The number of hydrogen-bond donors (Lipinski definition) is 2. The van der Waals surface area contributed by atoms with Crippen LogP contribution in [-0.4, -0.2) is 11.8 Å². The van der Waals surface area contributed by atoms with Crippen molar-refractivity contribution in [3.05, 3.63) is 60.2 Å². The molecule has 0 spiro atoms. The van der Waals surface area contributed by atoms with Crippen LogP contribution in [0.15, 0.2) is 54.6 Å². The van der Waals surface area contributed by atoms with E-state index in [2.05, 4.69) is 10.6 Å². The molecule has 0 aliphatic heterocycles. The molecule has 1 aliphatic carbocycles. The molecule has 0 radical (unpaired) electrons. The summed E-state index contributed by atoms with van der Waals surface area (Å²) in [5, 5.41) is 5.89. The largest absolute Gasteiger partial charge is 0.326 e. The predicted molar refractivity (Wildman–Crippen MR) is 101 cm³/mol. The summed E-state index contributed by atoms with van der Waals surface area (Å²) in [5.74, 6) is -0.0953. The molecule has 1 saturated carbocycles. The zero-order chi connectivity index (χ0) is 17.7.